The molecule has 1 nitrogen and oxygen atoms in total. The summed E-state index contributed by atoms with van der Waals surface area (Å²) in [6, 6.07) is 4.64. The van der Waals surface area contributed by atoms with E-state index in [0.29, 0.717) is 6.61 Å². The first kappa shape index (κ1) is 11.7. The van der Waals surface area contributed by atoms with Crippen molar-refractivity contribution < 1.29 is 9.13 Å². The Bertz CT molecular complexity index is 301. The Labute approximate surface area is 92.4 Å². The molecule has 0 aliphatic rings. The second-order valence-corrected chi connectivity index (χ2v) is 4.12. The molecule has 14 heavy (non-hydrogen) atoms. The summed E-state index contributed by atoms with van der Waals surface area (Å²) in [6.07, 6.45) is 1.23. The van der Waals surface area contributed by atoms with E-state index in [0.717, 1.165) is 16.5 Å². The second-order valence-electron chi connectivity index (χ2n) is 3.27. The van der Waals surface area contributed by atoms with Gasteiger partial charge in [-0.25, -0.2) is 4.39 Å². The summed E-state index contributed by atoms with van der Waals surface area (Å²) in [6.45, 7) is 4.62. The largest absolute Gasteiger partial charge is 0.374 e. The van der Waals surface area contributed by atoms with Gasteiger partial charge in [0.15, 0.2) is 0 Å². The van der Waals surface area contributed by atoms with Gasteiger partial charge in [-0.05, 0) is 31.0 Å². The monoisotopic (exact) mass is 260 g/mol. The number of ether oxygens (including phenoxy) is 1. The molecule has 0 aliphatic heterocycles. The molecule has 3 heteroatoms. The first-order valence-electron chi connectivity index (χ1n) is 4.69. The van der Waals surface area contributed by atoms with Gasteiger partial charge in [0, 0.05) is 4.47 Å². The highest BCUT2D eigenvalue weighted by molar-refractivity contribution is 9.10. The lowest BCUT2D eigenvalue weighted by Crippen LogP contribution is -2.06. The van der Waals surface area contributed by atoms with Gasteiger partial charge in [-0.2, -0.15) is 0 Å². The van der Waals surface area contributed by atoms with Gasteiger partial charge in [0.25, 0.3) is 0 Å². The van der Waals surface area contributed by atoms with E-state index in [9.17, 15) is 4.39 Å². The van der Waals surface area contributed by atoms with Gasteiger partial charge in [-0.1, -0.05) is 28.9 Å². The van der Waals surface area contributed by atoms with Crippen LogP contribution >= 0.6 is 15.9 Å². The highest BCUT2D eigenvalue weighted by Crippen LogP contribution is 2.19. The zero-order chi connectivity index (χ0) is 10.6. The molecule has 0 amide bonds. The van der Waals surface area contributed by atoms with E-state index in [1.165, 1.54) is 12.1 Å². The van der Waals surface area contributed by atoms with Crippen LogP contribution in [0.4, 0.5) is 4.39 Å². The van der Waals surface area contributed by atoms with Crippen LogP contribution in [0.15, 0.2) is 22.7 Å². The van der Waals surface area contributed by atoms with Crippen LogP contribution < -0.4 is 0 Å². The van der Waals surface area contributed by atoms with E-state index in [4.69, 9.17) is 4.74 Å². The van der Waals surface area contributed by atoms with E-state index in [-0.39, 0.29) is 11.9 Å². The van der Waals surface area contributed by atoms with Crippen molar-refractivity contribution in [2.75, 3.05) is 0 Å². The van der Waals surface area contributed by atoms with E-state index in [1.54, 1.807) is 6.07 Å². The molecule has 1 unspecified atom stereocenters. The summed E-state index contributed by atoms with van der Waals surface area (Å²) in [4.78, 5) is 0. The third-order valence-corrected chi connectivity index (χ3v) is 2.85. The fraction of sp³-hybridized carbons (Fsp3) is 0.455. The number of hydrogen-bond acceptors (Lipinski definition) is 1. The van der Waals surface area contributed by atoms with Crippen molar-refractivity contribution in [3.63, 3.8) is 0 Å². The fourth-order valence-corrected chi connectivity index (χ4v) is 1.45. The summed E-state index contributed by atoms with van der Waals surface area (Å²) in [5.41, 5.74) is 0.978. The van der Waals surface area contributed by atoms with Crippen LogP contribution in [0.1, 0.15) is 25.8 Å². The van der Waals surface area contributed by atoms with Crippen molar-refractivity contribution >= 4 is 15.9 Å². The molecule has 1 aromatic carbocycles. The predicted octanol–water partition coefficient (Wildman–Crippen LogP) is 3.90. The predicted molar refractivity (Wildman–Crippen MR) is 58.6 cm³/mol. The standard InChI is InChI=1S/C11H14BrFO/c1-3-8(2)14-7-9-4-5-10(13)6-11(9)12/h4-6,8H,3,7H2,1-2H3. The van der Waals surface area contributed by atoms with Gasteiger partial charge in [0.2, 0.25) is 0 Å². The first-order chi connectivity index (χ1) is 6.63. The maximum absolute atomic E-state index is 12.7. The van der Waals surface area contributed by atoms with Crippen LogP contribution in [0.25, 0.3) is 0 Å². The molecular weight excluding hydrogens is 247 g/mol. The molecule has 78 valence electrons. The van der Waals surface area contributed by atoms with Crippen LogP contribution in [-0.4, -0.2) is 6.10 Å². The fourth-order valence-electron chi connectivity index (χ4n) is 0.989. The molecule has 0 bridgehead atoms. The van der Waals surface area contributed by atoms with Crippen LogP contribution in [0.3, 0.4) is 0 Å². The summed E-state index contributed by atoms with van der Waals surface area (Å²) in [5, 5.41) is 0. The number of rotatable bonds is 4. The van der Waals surface area contributed by atoms with Crippen molar-refractivity contribution in [3.8, 4) is 0 Å². The van der Waals surface area contributed by atoms with Crippen LogP contribution in [0.2, 0.25) is 0 Å². The Morgan fingerprint density at radius 2 is 2.21 bits per heavy atom. The quantitative estimate of drug-likeness (QED) is 0.798. The number of halogens is 2. The van der Waals surface area contributed by atoms with Gasteiger partial charge in [0.05, 0.1) is 12.7 Å². The van der Waals surface area contributed by atoms with Crippen LogP contribution in [0.5, 0.6) is 0 Å². The molecule has 0 aliphatic carbocycles. The van der Waals surface area contributed by atoms with Crippen molar-refractivity contribution in [3.05, 3.63) is 34.1 Å². The summed E-state index contributed by atoms with van der Waals surface area (Å²) >= 11 is 3.30. The average Bonchev–Trinajstić information content (AvgIpc) is 2.16. The maximum atomic E-state index is 12.7. The van der Waals surface area contributed by atoms with Crippen molar-refractivity contribution in [1.29, 1.82) is 0 Å². The van der Waals surface area contributed by atoms with Gasteiger partial charge in [-0.3, -0.25) is 0 Å². The summed E-state index contributed by atoms with van der Waals surface area (Å²) in [5.74, 6) is -0.232. The molecule has 0 spiro atoms. The molecule has 0 saturated heterocycles. The summed E-state index contributed by atoms with van der Waals surface area (Å²) in [7, 11) is 0. The lowest BCUT2D eigenvalue weighted by atomic mass is 10.2. The SMILES string of the molecule is CCC(C)OCc1ccc(F)cc1Br. The van der Waals surface area contributed by atoms with Crippen molar-refractivity contribution in [2.45, 2.75) is 33.0 Å². The zero-order valence-electron chi connectivity index (χ0n) is 8.39. The average molecular weight is 261 g/mol. The van der Waals surface area contributed by atoms with E-state index in [2.05, 4.69) is 22.9 Å². The van der Waals surface area contributed by atoms with Gasteiger partial charge >= 0.3 is 0 Å². The first-order valence-corrected chi connectivity index (χ1v) is 5.48. The third-order valence-electron chi connectivity index (χ3n) is 2.11. The lowest BCUT2D eigenvalue weighted by Gasteiger charge is -2.11. The third kappa shape index (κ3) is 3.39. The minimum Gasteiger partial charge on any atom is -0.374 e. The second kappa shape index (κ2) is 5.47. The molecule has 1 aromatic rings. The Kier molecular flexibility index (Phi) is 4.55. The zero-order valence-corrected chi connectivity index (χ0v) is 9.97. The Balaban J connectivity index is 2.59. The molecule has 1 atom stereocenters. The van der Waals surface area contributed by atoms with Crippen LogP contribution in [0, 0.1) is 5.82 Å². The smallest absolute Gasteiger partial charge is 0.124 e. The normalized spacial score (nSPS) is 12.9. The minimum absolute atomic E-state index is 0.232. The Morgan fingerprint density at radius 1 is 1.50 bits per heavy atom. The highest BCUT2D eigenvalue weighted by Gasteiger charge is 2.04. The Hall–Kier alpha value is -0.410. The van der Waals surface area contributed by atoms with Crippen molar-refractivity contribution in [1.82, 2.24) is 0 Å². The van der Waals surface area contributed by atoms with Gasteiger partial charge in [-0.15, -0.1) is 0 Å². The Morgan fingerprint density at radius 3 is 2.79 bits per heavy atom. The maximum Gasteiger partial charge on any atom is 0.124 e. The summed E-state index contributed by atoms with van der Waals surface area (Å²) < 4.78 is 19.1. The molecular formula is C11H14BrFO. The molecule has 0 heterocycles. The van der Waals surface area contributed by atoms with Gasteiger partial charge in [0.1, 0.15) is 5.82 Å². The van der Waals surface area contributed by atoms with Crippen LogP contribution in [-0.2, 0) is 11.3 Å². The highest BCUT2D eigenvalue weighted by atomic mass is 79.9. The molecule has 1 rings (SSSR count). The number of hydrogen-bond donors (Lipinski definition) is 0. The van der Waals surface area contributed by atoms with E-state index in [1.807, 2.05) is 6.92 Å². The molecule has 0 aromatic heterocycles. The van der Waals surface area contributed by atoms with Crippen molar-refractivity contribution in [2.24, 2.45) is 0 Å². The molecule has 0 fully saturated rings. The molecule has 0 N–H and O–H groups in total. The van der Waals surface area contributed by atoms with Gasteiger partial charge < -0.3 is 4.74 Å². The molecule has 0 radical (unpaired) electrons. The lowest BCUT2D eigenvalue weighted by molar-refractivity contribution is 0.0505. The minimum atomic E-state index is -0.232. The van der Waals surface area contributed by atoms with E-state index < -0.39 is 0 Å². The topological polar surface area (TPSA) is 9.23 Å². The number of benzene rings is 1. The molecule has 0 saturated carbocycles. The van der Waals surface area contributed by atoms with E-state index >= 15 is 0 Å².